The van der Waals surface area contributed by atoms with Gasteiger partial charge in [0.1, 0.15) is 0 Å². The van der Waals surface area contributed by atoms with E-state index in [1.165, 1.54) is 32.7 Å². The van der Waals surface area contributed by atoms with Crippen molar-refractivity contribution in [3.63, 3.8) is 0 Å². The fourth-order valence-corrected chi connectivity index (χ4v) is 8.31. The topological polar surface area (TPSA) is 26.7 Å². The Morgan fingerprint density at radius 1 is 0.583 bits per heavy atom. The number of nitrogens with zero attached hydrogens (tertiary/aromatic N) is 2. The van der Waals surface area contributed by atoms with Gasteiger partial charge in [0, 0.05) is 25.2 Å². The van der Waals surface area contributed by atoms with Gasteiger partial charge in [-0.05, 0) is 43.5 Å². The summed E-state index contributed by atoms with van der Waals surface area (Å²) in [7, 11) is -1.49. The highest BCUT2D eigenvalue weighted by atomic mass is 31.2. The first-order valence-corrected chi connectivity index (χ1v) is 14.2. The van der Waals surface area contributed by atoms with E-state index in [0.717, 1.165) is 13.1 Å². The van der Waals surface area contributed by atoms with Crippen molar-refractivity contribution < 1.29 is 4.89 Å². The minimum atomic E-state index is -1.49. The first kappa shape index (κ1) is 25.4. The summed E-state index contributed by atoms with van der Waals surface area (Å²) < 4.78 is 4.78. The second-order valence-corrected chi connectivity index (χ2v) is 13.8. The maximum absolute atomic E-state index is 12.1. The molecule has 0 bridgehead atoms. The van der Waals surface area contributed by atoms with Crippen molar-refractivity contribution in [1.82, 2.24) is 9.34 Å². The summed E-state index contributed by atoms with van der Waals surface area (Å²) in [4.78, 5) is 12.1. The summed E-state index contributed by atoms with van der Waals surface area (Å²) in [6, 6.07) is 30.7. The van der Waals surface area contributed by atoms with Crippen LogP contribution in [0.2, 0.25) is 0 Å². The zero-order valence-corrected chi connectivity index (χ0v) is 23.3. The van der Waals surface area contributed by atoms with Crippen LogP contribution in [0, 0.1) is 10.8 Å². The molecule has 4 aromatic rings. The van der Waals surface area contributed by atoms with Gasteiger partial charge in [0.25, 0.3) is 0 Å². The highest BCUT2D eigenvalue weighted by Crippen LogP contribution is 2.60. The lowest BCUT2D eigenvalue weighted by molar-refractivity contribution is 0.184. The quantitative estimate of drug-likeness (QED) is 0.285. The summed E-state index contributed by atoms with van der Waals surface area (Å²) >= 11 is 0. The van der Waals surface area contributed by atoms with Gasteiger partial charge in [0.2, 0.25) is 0 Å². The van der Waals surface area contributed by atoms with Crippen LogP contribution in [0.4, 0.5) is 0 Å². The van der Waals surface area contributed by atoms with E-state index >= 15 is 0 Å². The average Bonchev–Trinajstić information content (AvgIpc) is 3.18. The number of hydrogen-bond donors (Lipinski definition) is 1. The maximum atomic E-state index is 12.1. The molecule has 0 unspecified atom stereocenters. The van der Waals surface area contributed by atoms with Crippen LogP contribution in [0.5, 0.6) is 0 Å². The average molecular weight is 499 g/mol. The molecule has 5 rings (SSSR count). The molecule has 188 valence electrons. The normalized spacial score (nSPS) is 18.2. The van der Waals surface area contributed by atoms with Crippen LogP contribution < -0.4 is 0 Å². The summed E-state index contributed by atoms with van der Waals surface area (Å²) in [6.07, 6.45) is 0. The molecular formula is C32H39N2OP. The predicted molar refractivity (Wildman–Crippen MR) is 155 cm³/mol. The third-order valence-corrected chi connectivity index (χ3v) is 9.27. The van der Waals surface area contributed by atoms with Crippen LogP contribution in [0.25, 0.3) is 21.5 Å². The Labute approximate surface area is 217 Å². The first-order valence-electron chi connectivity index (χ1n) is 13.0. The van der Waals surface area contributed by atoms with Crippen molar-refractivity contribution in [3.8, 4) is 0 Å². The monoisotopic (exact) mass is 498 g/mol. The minimum absolute atomic E-state index is 0.0415. The lowest BCUT2D eigenvalue weighted by Gasteiger charge is -2.44. The highest BCUT2D eigenvalue weighted by Gasteiger charge is 2.47. The third kappa shape index (κ3) is 4.59. The maximum Gasteiger partial charge on any atom is 0.186 e. The van der Waals surface area contributed by atoms with E-state index in [1.54, 1.807) is 0 Å². The second kappa shape index (κ2) is 9.54. The molecule has 0 radical (unpaired) electrons. The van der Waals surface area contributed by atoms with E-state index in [-0.39, 0.29) is 22.9 Å². The van der Waals surface area contributed by atoms with Crippen molar-refractivity contribution >= 4 is 30.0 Å². The molecule has 1 saturated heterocycles. The molecule has 0 spiro atoms. The van der Waals surface area contributed by atoms with E-state index in [9.17, 15) is 4.89 Å². The van der Waals surface area contributed by atoms with Crippen molar-refractivity contribution in [2.75, 3.05) is 13.1 Å². The van der Waals surface area contributed by atoms with Crippen LogP contribution in [0.3, 0.4) is 0 Å². The van der Waals surface area contributed by atoms with Crippen LogP contribution >= 0.6 is 8.45 Å². The van der Waals surface area contributed by atoms with Crippen molar-refractivity contribution in [2.45, 2.75) is 53.6 Å². The number of benzene rings is 4. The molecule has 0 aromatic heterocycles. The number of fused-ring (bicyclic) bond motifs is 2. The van der Waals surface area contributed by atoms with Gasteiger partial charge < -0.3 is 4.89 Å². The molecule has 2 atom stereocenters. The lowest BCUT2D eigenvalue weighted by Crippen LogP contribution is -2.34. The van der Waals surface area contributed by atoms with Gasteiger partial charge in [0.15, 0.2) is 8.45 Å². The number of rotatable bonds is 4. The summed E-state index contributed by atoms with van der Waals surface area (Å²) in [5.41, 5.74) is 2.53. The smallest absolute Gasteiger partial charge is 0.186 e. The van der Waals surface area contributed by atoms with Crippen molar-refractivity contribution in [3.05, 3.63) is 96.1 Å². The Hall–Kier alpha value is -2.29. The molecule has 4 aromatic carbocycles. The molecule has 4 heteroatoms. The zero-order valence-electron chi connectivity index (χ0n) is 22.4. The Balaban J connectivity index is 1.59. The predicted octanol–water partition coefficient (Wildman–Crippen LogP) is 8.70. The van der Waals surface area contributed by atoms with Gasteiger partial charge in [-0.2, -0.15) is 0 Å². The summed E-state index contributed by atoms with van der Waals surface area (Å²) in [5, 5.41) is 5.07. The zero-order chi connectivity index (χ0) is 25.7. The van der Waals surface area contributed by atoms with E-state index in [2.05, 4.69) is 136 Å². The SMILES string of the molecule is CC(C)(C)[C@H](c1cccc2ccccc12)N1CCN([C@@H](c2cccc3ccccc23)C(C)(C)C)P1O. The second-order valence-electron chi connectivity index (χ2n) is 12.3. The fraction of sp³-hybridized carbons (Fsp3) is 0.375. The van der Waals surface area contributed by atoms with Gasteiger partial charge >= 0.3 is 0 Å². The molecule has 1 N–H and O–H groups in total. The molecule has 1 heterocycles. The highest BCUT2D eigenvalue weighted by molar-refractivity contribution is 7.46. The standard InChI is InChI=1S/C32H39N2OP/c1-31(2,3)29(27-19-11-15-23-13-7-9-17-25(23)27)33-21-22-34(36(33)35)30(32(4,5)6)28-20-12-16-24-14-8-10-18-26(24)28/h7-20,29-30,35H,21-22H2,1-6H3/t29-,30-/m0/s1. The van der Waals surface area contributed by atoms with Crippen molar-refractivity contribution in [2.24, 2.45) is 10.8 Å². The minimum Gasteiger partial charge on any atom is -0.347 e. The Bertz CT molecular complexity index is 1250. The fourth-order valence-electron chi connectivity index (χ4n) is 6.12. The molecule has 0 amide bonds. The van der Waals surface area contributed by atoms with Gasteiger partial charge in [-0.15, -0.1) is 0 Å². The Morgan fingerprint density at radius 3 is 1.33 bits per heavy atom. The van der Waals surface area contributed by atoms with Crippen LogP contribution in [-0.2, 0) is 0 Å². The first-order chi connectivity index (χ1) is 17.1. The molecule has 3 nitrogen and oxygen atoms in total. The van der Waals surface area contributed by atoms with E-state index in [4.69, 9.17) is 0 Å². The molecule has 36 heavy (non-hydrogen) atoms. The molecule has 1 aliphatic heterocycles. The van der Waals surface area contributed by atoms with Gasteiger partial charge in [-0.3, -0.25) is 0 Å². The van der Waals surface area contributed by atoms with E-state index in [1.807, 2.05) is 0 Å². The van der Waals surface area contributed by atoms with Gasteiger partial charge in [0.05, 0.1) is 0 Å². The Morgan fingerprint density at radius 2 is 0.944 bits per heavy atom. The van der Waals surface area contributed by atoms with Gasteiger partial charge in [-0.25, -0.2) is 9.34 Å². The van der Waals surface area contributed by atoms with Gasteiger partial charge in [-0.1, -0.05) is 126 Å². The van der Waals surface area contributed by atoms with E-state index in [0.29, 0.717) is 0 Å². The lowest BCUT2D eigenvalue weighted by atomic mass is 9.80. The number of hydrogen-bond acceptors (Lipinski definition) is 3. The Kier molecular flexibility index (Phi) is 6.72. The molecule has 1 fully saturated rings. The largest absolute Gasteiger partial charge is 0.347 e. The molecule has 1 aliphatic rings. The van der Waals surface area contributed by atoms with Crippen LogP contribution in [0.1, 0.15) is 64.8 Å². The van der Waals surface area contributed by atoms with E-state index < -0.39 is 8.45 Å². The van der Waals surface area contributed by atoms with Crippen LogP contribution in [0.15, 0.2) is 84.9 Å². The molecule has 0 saturated carbocycles. The molecular weight excluding hydrogens is 459 g/mol. The third-order valence-electron chi connectivity index (χ3n) is 7.49. The summed E-state index contributed by atoms with van der Waals surface area (Å²) in [6.45, 7) is 15.5. The van der Waals surface area contributed by atoms with Crippen LogP contribution in [-0.4, -0.2) is 27.3 Å². The molecule has 0 aliphatic carbocycles. The summed E-state index contributed by atoms with van der Waals surface area (Å²) in [5.74, 6) is 0. The van der Waals surface area contributed by atoms with Crippen molar-refractivity contribution in [1.29, 1.82) is 0 Å².